The smallest absolute Gasteiger partial charge is 0.230 e. The topological polar surface area (TPSA) is 97.6 Å². The SMILES string of the molecule is COCCNCc1c(C(=O)c2ccc(Cl)cc2Cl)oc2cc(-c3cccc(CNS(C)(=O)=O)c3)ccc12. The van der Waals surface area contributed by atoms with Gasteiger partial charge in [-0.05, 0) is 47.0 Å². The molecule has 0 fully saturated rings. The Labute approximate surface area is 225 Å². The summed E-state index contributed by atoms with van der Waals surface area (Å²) in [5.41, 5.74) is 4.14. The van der Waals surface area contributed by atoms with E-state index in [0.29, 0.717) is 35.9 Å². The lowest BCUT2D eigenvalue weighted by Gasteiger charge is -2.07. The first-order valence-corrected chi connectivity index (χ1v) is 14.1. The van der Waals surface area contributed by atoms with Crippen LogP contribution in [0.2, 0.25) is 10.0 Å². The molecule has 0 aliphatic heterocycles. The predicted molar refractivity (Wildman–Crippen MR) is 147 cm³/mol. The Morgan fingerprint density at radius 3 is 2.51 bits per heavy atom. The Morgan fingerprint density at radius 1 is 1.00 bits per heavy atom. The molecular weight excluding hydrogens is 535 g/mol. The molecule has 0 spiro atoms. The van der Waals surface area contributed by atoms with Crippen molar-refractivity contribution in [1.82, 2.24) is 10.0 Å². The van der Waals surface area contributed by atoms with Crippen LogP contribution in [-0.4, -0.2) is 40.7 Å². The Kier molecular flexibility index (Phi) is 8.69. The number of methoxy groups -OCH3 is 1. The van der Waals surface area contributed by atoms with Crippen LogP contribution in [0.15, 0.2) is 65.1 Å². The molecule has 7 nitrogen and oxygen atoms in total. The van der Waals surface area contributed by atoms with E-state index in [0.717, 1.165) is 33.9 Å². The van der Waals surface area contributed by atoms with Gasteiger partial charge in [0.25, 0.3) is 0 Å². The molecule has 0 aliphatic rings. The first kappa shape index (κ1) is 27.3. The van der Waals surface area contributed by atoms with Gasteiger partial charge < -0.3 is 14.5 Å². The van der Waals surface area contributed by atoms with Gasteiger partial charge in [-0.25, -0.2) is 13.1 Å². The van der Waals surface area contributed by atoms with Gasteiger partial charge in [0.1, 0.15) is 5.58 Å². The average Bonchev–Trinajstić information content (AvgIpc) is 3.22. The minimum absolute atomic E-state index is 0.188. The van der Waals surface area contributed by atoms with Crippen LogP contribution in [0.1, 0.15) is 27.2 Å². The lowest BCUT2D eigenvalue weighted by Crippen LogP contribution is -2.21. The molecule has 0 saturated heterocycles. The number of carbonyl (C=O) groups is 1. The fourth-order valence-corrected chi connectivity index (χ4v) is 4.87. The molecule has 4 aromatic rings. The number of benzene rings is 3. The summed E-state index contributed by atoms with van der Waals surface area (Å²) >= 11 is 12.3. The van der Waals surface area contributed by atoms with Crippen LogP contribution in [-0.2, 0) is 27.8 Å². The molecule has 0 unspecified atom stereocenters. The Balaban J connectivity index is 1.73. The zero-order valence-corrected chi connectivity index (χ0v) is 22.6. The summed E-state index contributed by atoms with van der Waals surface area (Å²) in [6.45, 7) is 1.71. The minimum Gasteiger partial charge on any atom is -0.452 e. The monoisotopic (exact) mass is 560 g/mol. The Morgan fingerprint density at radius 2 is 1.78 bits per heavy atom. The average molecular weight is 561 g/mol. The second-order valence-electron chi connectivity index (χ2n) is 8.54. The number of nitrogens with one attached hydrogen (secondary N) is 2. The standard InChI is InChI=1S/C27H26Cl2N2O5S/c1-35-11-10-30-16-23-21-8-6-19(18-5-3-4-17(12-18)15-31-37(2,33)34)13-25(21)36-27(23)26(32)22-9-7-20(28)14-24(22)29/h3-9,12-14,30-31H,10-11,15-16H2,1-2H3. The maximum atomic E-state index is 13.5. The van der Waals surface area contributed by atoms with Crippen LogP contribution in [0, 0.1) is 0 Å². The summed E-state index contributed by atoms with van der Waals surface area (Å²) in [6, 6.07) is 18.0. The van der Waals surface area contributed by atoms with Crippen molar-refractivity contribution in [2.45, 2.75) is 13.1 Å². The molecule has 0 aliphatic carbocycles. The number of ketones is 1. The quantitative estimate of drug-likeness (QED) is 0.188. The van der Waals surface area contributed by atoms with Gasteiger partial charge in [0, 0.05) is 48.3 Å². The van der Waals surface area contributed by atoms with Gasteiger partial charge in [0.05, 0.1) is 17.9 Å². The largest absolute Gasteiger partial charge is 0.452 e. The van der Waals surface area contributed by atoms with Gasteiger partial charge in [-0.2, -0.15) is 0 Å². The first-order chi connectivity index (χ1) is 17.7. The molecule has 0 atom stereocenters. The number of halogens is 2. The molecule has 3 aromatic carbocycles. The van der Waals surface area contributed by atoms with Gasteiger partial charge in [-0.3, -0.25) is 4.79 Å². The number of sulfonamides is 1. The van der Waals surface area contributed by atoms with Crippen LogP contribution in [0.25, 0.3) is 22.1 Å². The third-order valence-electron chi connectivity index (χ3n) is 5.76. The lowest BCUT2D eigenvalue weighted by atomic mass is 10.00. The van der Waals surface area contributed by atoms with E-state index in [2.05, 4.69) is 10.0 Å². The molecule has 0 saturated carbocycles. The maximum absolute atomic E-state index is 13.5. The van der Waals surface area contributed by atoms with Crippen molar-refractivity contribution in [2.24, 2.45) is 0 Å². The van der Waals surface area contributed by atoms with Crippen molar-refractivity contribution < 1.29 is 22.4 Å². The van der Waals surface area contributed by atoms with Crippen molar-refractivity contribution in [3.63, 3.8) is 0 Å². The van der Waals surface area contributed by atoms with Crippen LogP contribution in [0.3, 0.4) is 0 Å². The second-order valence-corrected chi connectivity index (χ2v) is 11.2. The van der Waals surface area contributed by atoms with E-state index in [1.165, 1.54) is 6.07 Å². The van der Waals surface area contributed by atoms with Gasteiger partial charge in [0.15, 0.2) is 5.76 Å². The zero-order valence-electron chi connectivity index (χ0n) is 20.3. The van der Waals surface area contributed by atoms with Crippen molar-refractivity contribution in [1.29, 1.82) is 0 Å². The van der Waals surface area contributed by atoms with Gasteiger partial charge in [0.2, 0.25) is 15.8 Å². The summed E-state index contributed by atoms with van der Waals surface area (Å²) in [7, 11) is -1.68. The maximum Gasteiger partial charge on any atom is 0.230 e. The fourth-order valence-electron chi connectivity index (χ4n) is 3.95. The molecule has 0 radical (unpaired) electrons. The number of rotatable bonds is 11. The van der Waals surface area contributed by atoms with Crippen LogP contribution in [0.5, 0.6) is 0 Å². The third-order valence-corrected chi connectivity index (χ3v) is 6.97. The molecule has 10 heteroatoms. The molecule has 1 aromatic heterocycles. The summed E-state index contributed by atoms with van der Waals surface area (Å²) < 4.78 is 36.7. The highest BCUT2D eigenvalue weighted by molar-refractivity contribution is 7.88. The van der Waals surface area contributed by atoms with E-state index >= 15 is 0 Å². The Hall–Kier alpha value is -2.72. The number of ether oxygens (including phenoxy) is 1. The molecule has 2 N–H and O–H groups in total. The molecule has 1 heterocycles. The van der Waals surface area contributed by atoms with E-state index < -0.39 is 10.0 Å². The summed E-state index contributed by atoms with van der Waals surface area (Å²) in [4.78, 5) is 13.5. The molecule has 194 valence electrons. The van der Waals surface area contributed by atoms with E-state index in [1.54, 1.807) is 19.2 Å². The lowest BCUT2D eigenvalue weighted by molar-refractivity contribution is 0.101. The van der Waals surface area contributed by atoms with E-state index in [9.17, 15) is 13.2 Å². The zero-order chi connectivity index (χ0) is 26.6. The highest BCUT2D eigenvalue weighted by atomic mass is 35.5. The van der Waals surface area contributed by atoms with Gasteiger partial charge in [-0.15, -0.1) is 0 Å². The summed E-state index contributed by atoms with van der Waals surface area (Å²) in [5.74, 6) is -0.135. The van der Waals surface area contributed by atoms with E-state index in [1.807, 2.05) is 42.5 Å². The van der Waals surface area contributed by atoms with Crippen molar-refractivity contribution in [3.8, 4) is 11.1 Å². The van der Waals surface area contributed by atoms with Crippen molar-refractivity contribution >= 4 is 50.0 Å². The Bertz CT molecular complexity index is 1550. The number of hydrogen-bond donors (Lipinski definition) is 2. The van der Waals surface area contributed by atoms with Crippen molar-refractivity contribution in [2.75, 3.05) is 26.5 Å². The molecule has 37 heavy (non-hydrogen) atoms. The highest BCUT2D eigenvalue weighted by Gasteiger charge is 2.24. The number of hydrogen-bond acceptors (Lipinski definition) is 6. The second kappa shape index (κ2) is 11.8. The third kappa shape index (κ3) is 6.78. The molecule has 4 rings (SSSR count). The van der Waals surface area contributed by atoms with Crippen LogP contribution < -0.4 is 10.0 Å². The van der Waals surface area contributed by atoms with Gasteiger partial charge in [-0.1, -0.05) is 53.5 Å². The summed E-state index contributed by atoms with van der Waals surface area (Å²) in [5, 5.41) is 4.77. The first-order valence-electron chi connectivity index (χ1n) is 11.4. The minimum atomic E-state index is -3.31. The van der Waals surface area contributed by atoms with Crippen LogP contribution in [0.4, 0.5) is 0 Å². The predicted octanol–water partition coefficient (Wildman–Crippen LogP) is 5.42. The summed E-state index contributed by atoms with van der Waals surface area (Å²) in [6.07, 6.45) is 1.12. The van der Waals surface area contributed by atoms with Crippen LogP contribution >= 0.6 is 23.2 Å². The highest BCUT2D eigenvalue weighted by Crippen LogP contribution is 2.33. The molecule has 0 amide bonds. The van der Waals surface area contributed by atoms with E-state index in [-0.39, 0.29) is 23.1 Å². The normalized spacial score (nSPS) is 11.8. The van der Waals surface area contributed by atoms with E-state index in [4.69, 9.17) is 32.4 Å². The molecule has 0 bridgehead atoms. The molecular formula is C27H26Cl2N2O5S. The van der Waals surface area contributed by atoms with Crippen molar-refractivity contribution in [3.05, 3.63) is 93.2 Å². The fraction of sp³-hybridized carbons (Fsp3) is 0.222. The van der Waals surface area contributed by atoms with Gasteiger partial charge >= 0.3 is 0 Å². The number of fused-ring (bicyclic) bond motifs is 1. The number of carbonyl (C=O) groups excluding carboxylic acids is 1. The number of furan rings is 1.